The average molecular weight is 286 g/mol. The molecule has 20 heavy (non-hydrogen) atoms. The molecule has 2 aromatic rings. The largest absolute Gasteiger partial charge is 0.453 e. The van der Waals surface area contributed by atoms with Crippen LogP contribution in [0, 0.1) is 0 Å². The topological polar surface area (TPSA) is 84.2 Å². The Morgan fingerprint density at radius 2 is 2.15 bits per heavy atom. The van der Waals surface area contributed by atoms with E-state index in [-0.39, 0.29) is 29.8 Å². The minimum atomic E-state index is -4.63. The van der Waals surface area contributed by atoms with Crippen LogP contribution in [0.15, 0.2) is 12.1 Å². The predicted octanol–water partition coefficient (Wildman–Crippen LogP) is 0.444. The molecule has 1 aliphatic heterocycles. The molecule has 0 saturated carbocycles. The van der Waals surface area contributed by atoms with Crippen molar-refractivity contribution in [1.82, 2.24) is 25.1 Å². The summed E-state index contributed by atoms with van der Waals surface area (Å²) in [7, 11) is 0. The highest BCUT2D eigenvalue weighted by Gasteiger charge is 2.37. The lowest BCUT2D eigenvalue weighted by Crippen LogP contribution is -2.23. The maximum atomic E-state index is 12.7. The maximum absolute atomic E-state index is 12.7. The van der Waals surface area contributed by atoms with E-state index in [1.54, 1.807) is 0 Å². The van der Waals surface area contributed by atoms with E-state index in [1.807, 2.05) is 0 Å². The number of hydrogen-bond acceptors (Lipinski definition) is 5. The summed E-state index contributed by atoms with van der Waals surface area (Å²) >= 11 is 0. The number of aromatic nitrogens is 4. The highest BCUT2D eigenvalue weighted by atomic mass is 19.4. The third-order valence-corrected chi connectivity index (χ3v) is 2.85. The Morgan fingerprint density at radius 1 is 1.35 bits per heavy atom. The maximum Gasteiger partial charge on any atom is 0.453 e. The van der Waals surface area contributed by atoms with Gasteiger partial charge in [-0.15, -0.1) is 15.3 Å². The monoisotopic (exact) mass is 286 g/mol. The fourth-order valence-corrected chi connectivity index (χ4v) is 1.96. The average Bonchev–Trinajstić information content (AvgIpc) is 2.94. The highest BCUT2D eigenvalue weighted by molar-refractivity contribution is 5.79. The second kappa shape index (κ2) is 4.32. The number of carbonyl (C=O) groups excluding carboxylic acids is 1. The molecule has 2 aromatic heterocycles. The molecule has 0 aromatic carbocycles. The zero-order valence-corrected chi connectivity index (χ0v) is 9.98. The highest BCUT2D eigenvalue weighted by Crippen LogP contribution is 2.27. The van der Waals surface area contributed by atoms with E-state index in [0.717, 1.165) is 0 Å². The number of nitrogens with one attached hydrogen (secondary N) is 2. The summed E-state index contributed by atoms with van der Waals surface area (Å²) < 4.78 is 38.7. The van der Waals surface area contributed by atoms with Gasteiger partial charge in [-0.2, -0.15) is 17.7 Å². The molecule has 106 valence electrons. The number of nitrogens with zero attached hydrogens (tertiary/aromatic N) is 4. The van der Waals surface area contributed by atoms with Crippen molar-refractivity contribution in [3.05, 3.63) is 18.0 Å². The molecule has 7 nitrogen and oxygen atoms in total. The van der Waals surface area contributed by atoms with Crippen molar-refractivity contribution in [2.45, 2.75) is 18.6 Å². The number of amides is 1. The first-order valence-corrected chi connectivity index (χ1v) is 5.76. The third kappa shape index (κ3) is 2.24. The summed E-state index contributed by atoms with van der Waals surface area (Å²) in [6.45, 7) is 0.410. The van der Waals surface area contributed by atoms with E-state index in [9.17, 15) is 18.0 Å². The van der Waals surface area contributed by atoms with Crippen molar-refractivity contribution in [1.29, 1.82) is 0 Å². The number of rotatable bonds is 2. The van der Waals surface area contributed by atoms with Crippen LogP contribution in [0.2, 0.25) is 0 Å². The quantitative estimate of drug-likeness (QED) is 0.837. The van der Waals surface area contributed by atoms with Crippen LogP contribution in [0.4, 0.5) is 19.0 Å². The number of alkyl halides is 3. The SMILES string of the molecule is O=C1CC(Nc2ccc3nnc(C(F)(F)F)n3n2)CN1. The summed E-state index contributed by atoms with van der Waals surface area (Å²) in [5, 5.41) is 15.8. The molecule has 2 N–H and O–H groups in total. The first-order valence-electron chi connectivity index (χ1n) is 5.76. The van der Waals surface area contributed by atoms with Gasteiger partial charge < -0.3 is 10.6 Å². The van der Waals surface area contributed by atoms with Gasteiger partial charge in [-0.3, -0.25) is 4.79 Å². The summed E-state index contributed by atoms with van der Waals surface area (Å²) in [6.07, 6.45) is -4.37. The Kier molecular flexibility index (Phi) is 2.73. The number of halogens is 3. The van der Waals surface area contributed by atoms with E-state index < -0.39 is 12.0 Å². The van der Waals surface area contributed by atoms with Crippen molar-refractivity contribution in [2.24, 2.45) is 0 Å². The summed E-state index contributed by atoms with van der Waals surface area (Å²) in [5.74, 6) is -1.06. The molecule has 1 atom stereocenters. The third-order valence-electron chi connectivity index (χ3n) is 2.85. The molecule has 0 spiro atoms. The summed E-state index contributed by atoms with van der Waals surface area (Å²) in [6, 6.07) is 2.67. The van der Waals surface area contributed by atoms with E-state index >= 15 is 0 Å². The standard InChI is InChI=1S/C10H9F3N6O/c11-10(12,13)9-17-16-7-2-1-6(18-19(7)9)15-5-3-8(20)14-4-5/h1-2,5H,3-4H2,(H,14,20)(H,15,18). The van der Waals surface area contributed by atoms with Crippen molar-refractivity contribution in [2.75, 3.05) is 11.9 Å². The summed E-state index contributed by atoms with van der Waals surface area (Å²) in [4.78, 5) is 11.1. The molecule has 0 aliphatic carbocycles. The minimum absolute atomic E-state index is 0.00324. The molecule has 1 aliphatic rings. The van der Waals surface area contributed by atoms with E-state index in [1.165, 1.54) is 12.1 Å². The molecule has 1 amide bonds. The van der Waals surface area contributed by atoms with Crippen molar-refractivity contribution in [3.8, 4) is 0 Å². The lowest BCUT2D eigenvalue weighted by atomic mass is 10.2. The van der Waals surface area contributed by atoms with Crippen molar-refractivity contribution in [3.63, 3.8) is 0 Å². The number of fused-ring (bicyclic) bond motifs is 1. The molecule has 0 radical (unpaired) electrons. The van der Waals surface area contributed by atoms with Crippen LogP contribution in [0.1, 0.15) is 12.2 Å². The zero-order valence-electron chi connectivity index (χ0n) is 9.98. The van der Waals surface area contributed by atoms with Crippen LogP contribution < -0.4 is 10.6 Å². The number of anilines is 1. The normalized spacial score (nSPS) is 19.4. The molecule has 1 saturated heterocycles. The van der Waals surface area contributed by atoms with Gasteiger partial charge in [-0.25, -0.2) is 0 Å². The second-order valence-electron chi connectivity index (χ2n) is 4.36. The van der Waals surface area contributed by atoms with Crippen LogP contribution in [0.25, 0.3) is 5.65 Å². The molecule has 10 heteroatoms. The molecular formula is C10H9F3N6O. The van der Waals surface area contributed by atoms with Gasteiger partial charge in [0.05, 0.1) is 6.04 Å². The van der Waals surface area contributed by atoms with Crippen LogP contribution in [0.3, 0.4) is 0 Å². The van der Waals surface area contributed by atoms with Crippen molar-refractivity contribution >= 4 is 17.4 Å². The van der Waals surface area contributed by atoms with Crippen LogP contribution in [-0.4, -0.2) is 38.3 Å². The van der Waals surface area contributed by atoms with E-state index in [0.29, 0.717) is 11.1 Å². The van der Waals surface area contributed by atoms with Gasteiger partial charge in [0, 0.05) is 13.0 Å². The van der Waals surface area contributed by atoms with Crippen LogP contribution in [-0.2, 0) is 11.0 Å². The van der Waals surface area contributed by atoms with Gasteiger partial charge in [-0.05, 0) is 12.1 Å². The Balaban J connectivity index is 1.91. The lowest BCUT2D eigenvalue weighted by Gasteiger charge is -2.11. The molecule has 0 bridgehead atoms. The van der Waals surface area contributed by atoms with Gasteiger partial charge in [0.2, 0.25) is 5.91 Å². The number of hydrogen-bond donors (Lipinski definition) is 2. The Hall–Kier alpha value is -2.39. The molecule has 3 rings (SSSR count). The lowest BCUT2D eigenvalue weighted by molar-refractivity contribution is -0.146. The fraction of sp³-hybridized carbons (Fsp3) is 0.400. The first-order chi connectivity index (χ1) is 9.43. The van der Waals surface area contributed by atoms with Gasteiger partial charge in [0.15, 0.2) is 5.65 Å². The van der Waals surface area contributed by atoms with Gasteiger partial charge in [0.1, 0.15) is 5.82 Å². The predicted molar refractivity (Wildman–Crippen MR) is 60.8 cm³/mol. The van der Waals surface area contributed by atoms with E-state index in [4.69, 9.17) is 0 Å². The van der Waals surface area contributed by atoms with Gasteiger partial charge in [-0.1, -0.05) is 0 Å². The van der Waals surface area contributed by atoms with Crippen molar-refractivity contribution < 1.29 is 18.0 Å². The number of carbonyl (C=O) groups is 1. The smallest absolute Gasteiger partial charge is 0.364 e. The fourth-order valence-electron chi connectivity index (χ4n) is 1.96. The van der Waals surface area contributed by atoms with E-state index in [2.05, 4.69) is 25.9 Å². The van der Waals surface area contributed by atoms with Crippen LogP contribution >= 0.6 is 0 Å². The second-order valence-corrected chi connectivity index (χ2v) is 4.36. The molecule has 3 heterocycles. The zero-order chi connectivity index (χ0) is 14.3. The Labute approximate surface area is 110 Å². The van der Waals surface area contributed by atoms with Gasteiger partial charge >= 0.3 is 6.18 Å². The molecule has 1 unspecified atom stereocenters. The Morgan fingerprint density at radius 3 is 2.80 bits per heavy atom. The Bertz CT molecular complexity index is 667. The molecule has 1 fully saturated rings. The summed E-state index contributed by atoms with van der Waals surface area (Å²) in [5.41, 5.74) is 0.00324. The van der Waals surface area contributed by atoms with Crippen LogP contribution in [0.5, 0.6) is 0 Å². The minimum Gasteiger partial charge on any atom is -0.364 e. The van der Waals surface area contributed by atoms with Gasteiger partial charge in [0.25, 0.3) is 5.82 Å². The molecular weight excluding hydrogens is 277 g/mol. The first kappa shape index (κ1) is 12.6.